The Balaban J connectivity index is 3.19. The first-order valence-electron chi connectivity index (χ1n) is 4.72. The molecular weight excluding hydrogens is 230 g/mol. The standard InChI is InChI=1S/C11H12ClNO3/c1-11(2,3)10(14)8-5-4-7(13(15)16)6-9(8)12/h4-6H,1-3H3. The van der Waals surface area contributed by atoms with E-state index in [1.165, 1.54) is 18.2 Å². The molecule has 1 rings (SSSR count). The second-order valence-corrected chi connectivity index (χ2v) is 4.91. The Hall–Kier alpha value is -1.42. The summed E-state index contributed by atoms with van der Waals surface area (Å²) in [5, 5.41) is 10.6. The van der Waals surface area contributed by atoms with E-state index in [2.05, 4.69) is 0 Å². The second-order valence-electron chi connectivity index (χ2n) is 4.50. The fourth-order valence-corrected chi connectivity index (χ4v) is 1.47. The van der Waals surface area contributed by atoms with E-state index >= 15 is 0 Å². The largest absolute Gasteiger partial charge is 0.294 e. The van der Waals surface area contributed by atoms with E-state index in [0.717, 1.165) is 0 Å². The van der Waals surface area contributed by atoms with Crippen molar-refractivity contribution in [3.8, 4) is 0 Å². The Kier molecular flexibility index (Phi) is 3.33. The number of nitro benzene ring substituents is 1. The van der Waals surface area contributed by atoms with Gasteiger partial charge in [0.2, 0.25) is 0 Å². The number of non-ortho nitro benzene ring substituents is 1. The zero-order chi connectivity index (χ0) is 12.5. The highest BCUT2D eigenvalue weighted by Crippen LogP contribution is 2.28. The molecule has 1 aromatic rings. The maximum absolute atomic E-state index is 11.9. The van der Waals surface area contributed by atoms with Gasteiger partial charge in [-0.2, -0.15) is 0 Å². The van der Waals surface area contributed by atoms with Gasteiger partial charge in [0.25, 0.3) is 5.69 Å². The SMILES string of the molecule is CC(C)(C)C(=O)c1ccc([N+](=O)[O-])cc1Cl. The summed E-state index contributed by atoms with van der Waals surface area (Å²) >= 11 is 5.85. The van der Waals surface area contributed by atoms with Gasteiger partial charge in [-0.25, -0.2) is 0 Å². The van der Waals surface area contributed by atoms with Gasteiger partial charge in [0.1, 0.15) is 0 Å². The van der Waals surface area contributed by atoms with Crippen LogP contribution in [0, 0.1) is 15.5 Å². The van der Waals surface area contributed by atoms with Crippen molar-refractivity contribution < 1.29 is 9.72 Å². The van der Waals surface area contributed by atoms with E-state index in [4.69, 9.17) is 11.6 Å². The van der Waals surface area contributed by atoms with Crippen LogP contribution in [0.1, 0.15) is 31.1 Å². The highest BCUT2D eigenvalue weighted by molar-refractivity contribution is 6.34. The maximum atomic E-state index is 11.9. The molecule has 0 saturated heterocycles. The third kappa shape index (κ3) is 2.58. The summed E-state index contributed by atoms with van der Waals surface area (Å²) in [7, 11) is 0. The molecule has 0 heterocycles. The Morgan fingerprint density at radius 1 is 1.38 bits per heavy atom. The van der Waals surface area contributed by atoms with Gasteiger partial charge >= 0.3 is 0 Å². The van der Waals surface area contributed by atoms with Crippen molar-refractivity contribution in [1.82, 2.24) is 0 Å². The van der Waals surface area contributed by atoms with Gasteiger partial charge in [-0.05, 0) is 6.07 Å². The summed E-state index contributed by atoms with van der Waals surface area (Å²) in [6.45, 7) is 5.31. The van der Waals surface area contributed by atoms with Gasteiger partial charge in [-0.15, -0.1) is 0 Å². The van der Waals surface area contributed by atoms with Crippen LogP contribution < -0.4 is 0 Å². The Morgan fingerprint density at radius 3 is 2.31 bits per heavy atom. The van der Waals surface area contributed by atoms with Gasteiger partial charge in [0.05, 0.1) is 9.95 Å². The molecule has 0 spiro atoms. The summed E-state index contributed by atoms with van der Waals surface area (Å²) in [5.74, 6) is -0.132. The quantitative estimate of drug-likeness (QED) is 0.452. The molecule has 0 fully saturated rings. The van der Waals surface area contributed by atoms with Gasteiger partial charge in [0, 0.05) is 23.1 Å². The van der Waals surface area contributed by atoms with Gasteiger partial charge in [-0.1, -0.05) is 32.4 Å². The molecule has 0 unspecified atom stereocenters. The van der Waals surface area contributed by atoms with E-state index in [1.807, 2.05) is 0 Å². The number of benzene rings is 1. The monoisotopic (exact) mass is 241 g/mol. The first-order valence-corrected chi connectivity index (χ1v) is 5.10. The normalized spacial score (nSPS) is 11.2. The van der Waals surface area contributed by atoms with E-state index in [1.54, 1.807) is 20.8 Å². The van der Waals surface area contributed by atoms with Crippen LogP contribution in [0.4, 0.5) is 5.69 Å². The van der Waals surface area contributed by atoms with Crippen molar-refractivity contribution in [2.45, 2.75) is 20.8 Å². The number of nitrogens with zero attached hydrogens (tertiary/aromatic N) is 1. The third-order valence-electron chi connectivity index (χ3n) is 2.09. The molecule has 0 N–H and O–H groups in total. The lowest BCUT2D eigenvalue weighted by atomic mass is 9.86. The number of hydrogen-bond acceptors (Lipinski definition) is 3. The molecule has 86 valence electrons. The van der Waals surface area contributed by atoms with Crippen LogP contribution in [0.5, 0.6) is 0 Å². The number of hydrogen-bond donors (Lipinski definition) is 0. The van der Waals surface area contributed by atoms with E-state index < -0.39 is 10.3 Å². The number of carbonyl (C=O) groups is 1. The molecule has 0 aliphatic rings. The van der Waals surface area contributed by atoms with Crippen molar-refractivity contribution in [2.24, 2.45) is 5.41 Å². The predicted octanol–water partition coefficient (Wildman–Crippen LogP) is 3.48. The molecule has 1 aromatic carbocycles. The molecule has 0 aliphatic heterocycles. The Morgan fingerprint density at radius 2 is 1.94 bits per heavy atom. The third-order valence-corrected chi connectivity index (χ3v) is 2.40. The lowest BCUT2D eigenvalue weighted by Gasteiger charge is -2.17. The Bertz CT molecular complexity index is 449. The molecule has 0 bridgehead atoms. The number of rotatable bonds is 2. The molecule has 0 saturated carbocycles. The summed E-state index contributed by atoms with van der Waals surface area (Å²) in [6, 6.07) is 3.87. The molecule has 16 heavy (non-hydrogen) atoms. The molecule has 0 aromatic heterocycles. The minimum absolute atomic E-state index is 0.115. The molecule has 0 atom stereocenters. The lowest BCUT2D eigenvalue weighted by molar-refractivity contribution is -0.384. The maximum Gasteiger partial charge on any atom is 0.270 e. The first kappa shape index (κ1) is 12.6. The molecule has 0 radical (unpaired) electrons. The van der Waals surface area contributed by atoms with E-state index in [0.29, 0.717) is 5.56 Å². The summed E-state index contributed by atoms with van der Waals surface area (Å²) in [5.41, 5.74) is -0.352. The molecule has 4 nitrogen and oxygen atoms in total. The minimum atomic E-state index is -0.556. The number of Topliss-reactive ketones (excluding diaryl/α,β-unsaturated/α-hetero) is 1. The van der Waals surface area contributed by atoms with Crippen molar-refractivity contribution in [3.63, 3.8) is 0 Å². The van der Waals surface area contributed by atoms with Crippen molar-refractivity contribution >= 4 is 23.1 Å². The first-order chi connectivity index (χ1) is 7.23. The summed E-state index contributed by atoms with van der Waals surface area (Å²) in [4.78, 5) is 21.9. The van der Waals surface area contributed by atoms with Crippen molar-refractivity contribution in [3.05, 3.63) is 38.9 Å². The fourth-order valence-electron chi connectivity index (χ4n) is 1.21. The zero-order valence-electron chi connectivity index (χ0n) is 9.28. The highest BCUT2D eigenvalue weighted by Gasteiger charge is 2.25. The van der Waals surface area contributed by atoms with Crippen molar-refractivity contribution in [1.29, 1.82) is 0 Å². The molecule has 5 heteroatoms. The van der Waals surface area contributed by atoms with Crippen LogP contribution in [-0.2, 0) is 0 Å². The Labute approximate surface area is 98.4 Å². The fraction of sp³-hybridized carbons (Fsp3) is 0.364. The van der Waals surface area contributed by atoms with Crippen LogP contribution in [0.2, 0.25) is 5.02 Å². The zero-order valence-corrected chi connectivity index (χ0v) is 10.0. The van der Waals surface area contributed by atoms with E-state index in [-0.39, 0.29) is 16.5 Å². The average molecular weight is 242 g/mol. The average Bonchev–Trinajstić information content (AvgIpc) is 2.15. The topological polar surface area (TPSA) is 60.2 Å². The minimum Gasteiger partial charge on any atom is -0.294 e. The smallest absolute Gasteiger partial charge is 0.270 e. The van der Waals surface area contributed by atoms with E-state index in [9.17, 15) is 14.9 Å². The van der Waals surface area contributed by atoms with Gasteiger partial charge in [-0.3, -0.25) is 14.9 Å². The van der Waals surface area contributed by atoms with Gasteiger partial charge in [0.15, 0.2) is 5.78 Å². The number of carbonyl (C=O) groups excluding carboxylic acids is 1. The number of ketones is 1. The van der Waals surface area contributed by atoms with Gasteiger partial charge < -0.3 is 0 Å². The van der Waals surface area contributed by atoms with Crippen LogP contribution in [-0.4, -0.2) is 10.7 Å². The second kappa shape index (κ2) is 4.22. The van der Waals surface area contributed by atoms with Crippen LogP contribution in [0.25, 0.3) is 0 Å². The molecule has 0 aliphatic carbocycles. The summed E-state index contributed by atoms with van der Waals surface area (Å²) in [6.07, 6.45) is 0. The molecular formula is C11H12ClNO3. The van der Waals surface area contributed by atoms with Crippen LogP contribution >= 0.6 is 11.6 Å². The van der Waals surface area contributed by atoms with Crippen LogP contribution in [0.15, 0.2) is 18.2 Å². The number of halogens is 1. The molecule has 0 amide bonds. The highest BCUT2D eigenvalue weighted by atomic mass is 35.5. The predicted molar refractivity (Wildman–Crippen MR) is 61.9 cm³/mol. The summed E-state index contributed by atoms with van der Waals surface area (Å²) < 4.78 is 0. The lowest BCUT2D eigenvalue weighted by Crippen LogP contribution is -2.20. The number of nitro groups is 1. The van der Waals surface area contributed by atoms with Crippen LogP contribution in [0.3, 0.4) is 0 Å². The van der Waals surface area contributed by atoms with Crippen molar-refractivity contribution in [2.75, 3.05) is 0 Å².